The number of hydrogen-bond acceptors (Lipinski definition) is 5. The molecule has 1 atom stereocenters. The smallest absolute Gasteiger partial charge is 0.305 e. The average molecular weight is 416 g/mol. The fraction of sp³-hybridized carbons (Fsp3) is 0.409. The van der Waals surface area contributed by atoms with Crippen molar-refractivity contribution < 1.29 is 24.2 Å². The summed E-state index contributed by atoms with van der Waals surface area (Å²) < 4.78 is 12.7. The molecular formula is C22H28N2O6. The third-order valence-corrected chi connectivity index (χ3v) is 4.62. The summed E-state index contributed by atoms with van der Waals surface area (Å²) in [5.74, 6) is -0.372. The van der Waals surface area contributed by atoms with Crippen LogP contribution in [0.3, 0.4) is 0 Å². The van der Waals surface area contributed by atoms with Gasteiger partial charge in [-0.1, -0.05) is 13.0 Å². The van der Waals surface area contributed by atoms with Gasteiger partial charge in [-0.05, 0) is 38.0 Å². The van der Waals surface area contributed by atoms with Crippen LogP contribution in [-0.4, -0.2) is 35.3 Å². The van der Waals surface area contributed by atoms with Crippen molar-refractivity contribution >= 4 is 11.9 Å². The molecule has 2 N–H and O–H groups in total. The first-order valence-electron chi connectivity index (χ1n) is 9.75. The second-order valence-electron chi connectivity index (χ2n) is 7.04. The van der Waals surface area contributed by atoms with Gasteiger partial charge < -0.3 is 24.5 Å². The zero-order chi connectivity index (χ0) is 22.3. The van der Waals surface area contributed by atoms with Crippen LogP contribution in [-0.2, 0) is 16.1 Å². The molecule has 0 radical (unpaired) electrons. The highest BCUT2D eigenvalue weighted by Gasteiger charge is 2.20. The maximum atomic E-state index is 12.7. The van der Waals surface area contributed by atoms with E-state index >= 15 is 0 Å². The third kappa shape index (κ3) is 6.10. The molecule has 1 heterocycles. The number of benzene rings is 1. The first kappa shape index (κ1) is 23.0. The van der Waals surface area contributed by atoms with Crippen molar-refractivity contribution in [2.24, 2.45) is 0 Å². The lowest BCUT2D eigenvalue weighted by Crippen LogP contribution is -2.34. The monoisotopic (exact) mass is 416 g/mol. The molecule has 162 valence electrons. The molecule has 1 unspecified atom stereocenters. The van der Waals surface area contributed by atoms with Gasteiger partial charge in [-0.2, -0.15) is 0 Å². The number of aryl methyl sites for hydroxylation is 2. The van der Waals surface area contributed by atoms with E-state index in [1.807, 2.05) is 6.92 Å². The molecule has 2 aromatic rings. The number of pyridine rings is 1. The number of carboxylic acids is 1. The summed E-state index contributed by atoms with van der Waals surface area (Å²) in [7, 11) is 1.50. The third-order valence-electron chi connectivity index (χ3n) is 4.62. The van der Waals surface area contributed by atoms with Crippen molar-refractivity contribution in [2.75, 3.05) is 13.7 Å². The van der Waals surface area contributed by atoms with Crippen LogP contribution in [0.2, 0.25) is 0 Å². The second kappa shape index (κ2) is 10.5. The number of methoxy groups -OCH3 is 1. The van der Waals surface area contributed by atoms with Gasteiger partial charge in [0.05, 0.1) is 26.2 Å². The first-order chi connectivity index (χ1) is 14.2. The highest BCUT2D eigenvalue weighted by molar-refractivity contribution is 5.78. The molecule has 2 rings (SSSR count). The van der Waals surface area contributed by atoms with E-state index in [4.69, 9.17) is 9.47 Å². The molecule has 1 aromatic heterocycles. The van der Waals surface area contributed by atoms with Crippen molar-refractivity contribution in [2.45, 2.75) is 46.2 Å². The molecule has 0 bridgehead atoms. The van der Waals surface area contributed by atoms with Crippen molar-refractivity contribution in [1.82, 2.24) is 9.88 Å². The number of carboxylic acid groups (broad SMARTS) is 1. The lowest BCUT2D eigenvalue weighted by atomic mass is 10.0. The number of amides is 1. The summed E-state index contributed by atoms with van der Waals surface area (Å²) in [6.07, 6.45) is 0.554. The minimum atomic E-state index is -1.04. The number of hydrogen-bond donors (Lipinski definition) is 2. The Hall–Kier alpha value is -3.29. The molecule has 0 saturated carbocycles. The zero-order valence-corrected chi connectivity index (χ0v) is 17.7. The lowest BCUT2D eigenvalue weighted by molar-refractivity contribution is -0.137. The Morgan fingerprint density at radius 1 is 1.13 bits per heavy atom. The molecule has 0 saturated heterocycles. The van der Waals surface area contributed by atoms with E-state index in [1.54, 1.807) is 36.6 Å². The van der Waals surface area contributed by atoms with Crippen LogP contribution in [0, 0.1) is 13.8 Å². The highest BCUT2D eigenvalue weighted by Crippen LogP contribution is 2.31. The summed E-state index contributed by atoms with van der Waals surface area (Å²) in [5.41, 5.74) is 1.79. The summed E-state index contributed by atoms with van der Waals surface area (Å²) in [6, 6.07) is 7.26. The van der Waals surface area contributed by atoms with Gasteiger partial charge in [0.15, 0.2) is 16.9 Å². The maximum absolute atomic E-state index is 12.7. The Morgan fingerprint density at radius 3 is 2.37 bits per heavy atom. The van der Waals surface area contributed by atoms with Crippen molar-refractivity contribution in [3.63, 3.8) is 0 Å². The molecule has 1 amide bonds. The number of aromatic nitrogens is 1. The molecule has 0 spiro atoms. The minimum absolute atomic E-state index is 0.0249. The lowest BCUT2D eigenvalue weighted by Gasteiger charge is -2.21. The number of nitrogens with one attached hydrogen (secondary N) is 1. The van der Waals surface area contributed by atoms with E-state index in [9.17, 15) is 19.5 Å². The molecule has 0 aliphatic heterocycles. The number of nitrogens with zero attached hydrogens (tertiary/aromatic N) is 1. The van der Waals surface area contributed by atoms with Crippen LogP contribution in [0.15, 0.2) is 35.1 Å². The quantitative estimate of drug-likeness (QED) is 0.617. The van der Waals surface area contributed by atoms with E-state index in [0.717, 1.165) is 6.42 Å². The minimum Gasteiger partial charge on any atom is -0.493 e. The second-order valence-corrected chi connectivity index (χ2v) is 7.04. The largest absolute Gasteiger partial charge is 0.493 e. The molecule has 8 heteroatoms. The van der Waals surface area contributed by atoms with Crippen LogP contribution >= 0.6 is 0 Å². The fourth-order valence-corrected chi connectivity index (χ4v) is 3.18. The normalized spacial score (nSPS) is 11.6. The summed E-state index contributed by atoms with van der Waals surface area (Å²) in [6.45, 7) is 5.99. The van der Waals surface area contributed by atoms with Crippen LogP contribution in [0.4, 0.5) is 0 Å². The van der Waals surface area contributed by atoms with Crippen LogP contribution in [0.1, 0.15) is 42.8 Å². The van der Waals surface area contributed by atoms with Gasteiger partial charge in [0.1, 0.15) is 6.54 Å². The van der Waals surface area contributed by atoms with Gasteiger partial charge in [0.25, 0.3) is 0 Å². The number of rotatable bonds is 10. The van der Waals surface area contributed by atoms with Crippen molar-refractivity contribution in [3.05, 3.63) is 57.5 Å². The van der Waals surface area contributed by atoms with Crippen molar-refractivity contribution in [1.29, 1.82) is 0 Å². The Morgan fingerprint density at radius 2 is 1.80 bits per heavy atom. The molecule has 8 nitrogen and oxygen atoms in total. The van der Waals surface area contributed by atoms with Crippen LogP contribution < -0.4 is 20.2 Å². The molecule has 30 heavy (non-hydrogen) atoms. The average Bonchev–Trinajstić information content (AvgIpc) is 2.68. The summed E-state index contributed by atoms with van der Waals surface area (Å²) in [5, 5.41) is 12.1. The zero-order valence-electron chi connectivity index (χ0n) is 17.7. The van der Waals surface area contributed by atoms with Gasteiger partial charge in [0, 0.05) is 23.5 Å². The molecule has 0 fully saturated rings. The van der Waals surface area contributed by atoms with Crippen LogP contribution in [0.25, 0.3) is 0 Å². The first-order valence-corrected chi connectivity index (χ1v) is 9.75. The molecular weight excluding hydrogens is 388 g/mol. The Kier molecular flexibility index (Phi) is 8.03. The number of carbonyl (C=O) groups excluding carboxylic acids is 1. The van der Waals surface area contributed by atoms with E-state index in [0.29, 0.717) is 35.1 Å². The predicted octanol–water partition coefficient (Wildman–Crippen LogP) is 2.59. The number of aliphatic carboxylic acids is 1. The SMILES string of the molecule is CCCOc1ccc(C(CC(=O)O)NC(=O)Cn2c(C)cc(=O)cc2C)cc1OC. The highest BCUT2D eigenvalue weighted by atomic mass is 16.5. The topological polar surface area (TPSA) is 107 Å². The van der Waals surface area contributed by atoms with Gasteiger partial charge in [0.2, 0.25) is 5.91 Å². The predicted molar refractivity (Wildman–Crippen MR) is 112 cm³/mol. The van der Waals surface area contributed by atoms with Gasteiger partial charge >= 0.3 is 5.97 Å². The molecule has 0 aliphatic rings. The fourth-order valence-electron chi connectivity index (χ4n) is 3.18. The summed E-state index contributed by atoms with van der Waals surface area (Å²) >= 11 is 0. The number of carbonyl (C=O) groups is 2. The van der Waals surface area contributed by atoms with Crippen LogP contribution in [0.5, 0.6) is 11.5 Å². The standard InChI is InChI=1S/C22H28N2O6/c1-5-8-30-19-7-6-16(11-20(19)29-4)18(12-22(27)28)23-21(26)13-24-14(2)9-17(25)10-15(24)3/h6-7,9-11,18H,5,8,12-13H2,1-4H3,(H,23,26)(H,27,28). The van der Waals surface area contributed by atoms with Gasteiger partial charge in [-0.15, -0.1) is 0 Å². The van der Waals surface area contributed by atoms with Gasteiger partial charge in [-0.25, -0.2) is 0 Å². The Labute approximate surface area is 175 Å². The van der Waals surface area contributed by atoms with E-state index < -0.39 is 12.0 Å². The van der Waals surface area contributed by atoms with Crippen molar-refractivity contribution in [3.8, 4) is 11.5 Å². The Balaban J connectivity index is 2.25. The Bertz CT molecular complexity index is 940. The number of ether oxygens (including phenoxy) is 2. The van der Waals surface area contributed by atoms with E-state index in [2.05, 4.69) is 5.32 Å². The maximum Gasteiger partial charge on any atom is 0.305 e. The molecule has 1 aromatic carbocycles. The molecule has 0 aliphatic carbocycles. The van der Waals surface area contributed by atoms with E-state index in [-0.39, 0.29) is 24.3 Å². The summed E-state index contributed by atoms with van der Waals surface area (Å²) in [4.78, 5) is 35.6. The van der Waals surface area contributed by atoms with E-state index in [1.165, 1.54) is 19.2 Å². The van der Waals surface area contributed by atoms with Gasteiger partial charge in [-0.3, -0.25) is 14.4 Å².